The molecule has 1 aliphatic rings. The van der Waals surface area contributed by atoms with Crippen molar-refractivity contribution in [1.29, 1.82) is 0 Å². The monoisotopic (exact) mass is 255 g/mol. The van der Waals surface area contributed by atoms with E-state index in [-0.39, 0.29) is 5.41 Å². The molecular formula is C13H25N3O2. The molecule has 1 saturated heterocycles. The van der Waals surface area contributed by atoms with Crippen molar-refractivity contribution in [2.45, 2.75) is 27.7 Å². The zero-order chi connectivity index (χ0) is 13.8. The van der Waals surface area contributed by atoms with Crippen LogP contribution in [0.2, 0.25) is 0 Å². The quantitative estimate of drug-likeness (QED) is 0.694. The molecule has 0 saturated carbocycles. The fourth-order valence-electron chi connectivity index (χ4n) is 1.64. The van der Waals surface area contributed by atoms with Gasteiger partial charge in [0.15, 0.2) is 0 Å². The number of carbonyl (C=O) groups excluding carboxylic acids is 2. The smallest absolute Gasteiger partial charge is 0.311 e. The average molecular weight is 255 g/mol. The van der Waals surface area contributed by atoms with Gasteiger partial charge in [-0.3, -0.25) is 9.59 Å². The van der Waals surface area contributed by atoms with Crippen LogP contribution in [-0.2, 0) is 9.59 Å². The molecular weight excluding hydrogens is 230 g/mol. The molecule has 0 aromatic carbocycles. The van der Waals surface area contributed by atoms with Crippen LogP contribution in [0.25, 0.3) is 0 Å². The highest BCUT2D eigenvalue weighted by Gasteiger charge is 2.25. The first-order valence-corrected chi connectivity index (χ1v) is 6.60. The van der Waals surface area contributed by atoms with Gasteiger partial charge in [0.05, 0.1) is 0 Å². The summed E-state index contributed by atoms with van der Waals surface area (Å²) in [4.78, 5) is 25.2. The second kappa shape index (κ2) is 6.18. The van der Waals surface area contributed by atoms with E-state index in [0.717, 1.165) is 13.1 Å². The van der Waals surface area contributed by atoms with Gasteiger partial charge in [-0.2, -0.15) is 0 Å². The van der Waals surface area contributed by atoms with E-state index in [1.165, 1.54) is 0 Å². The summed E-state index contributed by atoms with van der Waals surface area (Å²) in [5.41, 5.74) is 0.130. The van der Waals surface area contributed by atoms with E-state index in [4.69, 9.17) is 0 Å². The minimum Gasteiger partial charge on any atom is -0.348 e. The highest BCUT2D eigenvalue weighted by Crippen LogP contribution is 2.24. The predicted octanol–water partition coefficient (Wildman–Crippen LogP) is 0.217. The molecule has 0 aromatic heterocycles. The third kappa shape index (κ3) is 4.29. The minimum atomic E-state index is -0.479. The van der Waals surface area contributed by atoms with Gasteiger partial charge in [0.1, 0.15) is 0 Å². The zero-order valence-corrected chi connectivity index (χ0v) is 11.9. The van der Waals surface area contributed by atoms with Gasteiger partial charge in [-0.1, -0.05) is 27.7 Å². The first kappa shape index (κ1) is 15.0. The van der Waals surface area contributed by atoms with Gasteiger partial charge in [0, 0.05) is 32.7 Å². The Balaban J connectivity index is 2.38. The van der Waals surface area contributed by atoms with Crippen LogP contribution in [0.4, 0.5) is 0 Å². The number of nitrogens with one attached hydrogen (secondary N) is 2. The topological polar surface area (TPSA) is 61.4 Å². The predicted molar refractivity (Wildman–Crippen MR) is 71.1 cm³/mol. The Morgan fingerprint density at radius 1 is 1.28 bits per heavy atom. The lowest BCUT2D eigenvalue weighted by molar-refractivity contribution is -0.146. The molecule has 0 spiro atoms. The molecule has 1 unspecified atom stereocenters. The summed E-state index contributed by atoms with van der Waals surface area (Å²) in [7, 11) is 0. The number of carbonyl (C=O) groups is 2. The third-order valence-corrected chi connectivity index (χ3v) is 3.65. The lowest BCUT2D eigenvalue weighted by Gasteiger charge is -2.29. The molecule has 18 heavy (non-hydrogen) atoms. The number of hydrogen-bond donors (Lipinski definition) is 2. The van der Waals surface area contributed by atoms with E-state index < -0.39 is 11.8 Å². The first-order chi connectivity index (χ1) is 8.32. The number of nitrogens with zero attached hydrogens (tertiary/aromatic N) is 1. The van der Waals surface area contributed by atoms with Gasteiger partial charge in [-0.25, -0.2) is 0 Å². The lowest BCUT2D eigenvalue weighted by atomic mass is 9.82. The van der Waals surface area contributed by atoms with Crippen LogP contribution in [0, 0.1) is 11.3 Å². The molecule has 2 N–H and O–H groups in total. The molecule has 0 aliphatic carbocycles. The molecule has 0 bridgehead atoms. The van der Waals surface area contributed by atoms with Crippen molar-refractivity contribution >= 4 is 11.8 Å². The Hall–Kier alpha value is -1.10. The maximum Gasteiger partial charge on any atom is 0.311 e. The number of rotatable bonds is 2. The summed E-state index contributed by atoms with van der Waals surface area (Å²) in [6, 6.07) is 0. The van der Waals surface area contributed by atoms with E-state index >= 15 is 0 Å². The van der Waals surface area contributed by atoms with E-state index in [1.54, 1.807) is 4.90 Å². The summed E-state index contributed by atoms with van der Waals surface area (Å²) in [6.07, 6.45) is 0. The van der Waals surface area contributed by atoms with Crippen molar-refractivity contribution in [3.63, 3.8) is 0 Å². The standard InChI is InChI=1S/C13H25N3O2/c1-10(13(2,3)4)9-15-11(17)12(18)16-7-5-14-6-8-16/h10,14H,5-9H2,1-4H3,(H,15,17). The Kier molecular flexibility index (Phi) is 5.14. The summed E-state index contributed by atoms with van der Waals surface area (Å²) in [6.45, 7) is 11.7. The second-order valence-corrected chi connectivity index (χ2v) is 6.02. The van der Waals surface area contributed by atoms with Crippen LogP contribution in [0.1, 0.15) is 27.7 Å². The summed E-state index contributed by atoms with van der Waals surface area (Å²) in [5.74, 6) is -0.553. The van der Waals surface area contributed by atoms with E-state index in [0.29, 0.717) is 25.6 Å². The van der Waals surface area contributed by atoms with Crippen LogP contribution in [0.3, 0.4) is 0 Å². The Labute approximate surface area is 109 Å². The number of hydrogen-bond acceptors (Lipinski definition) is 3. The fourth-order valence-corrected chi connectivity index (χ4v) is 1.64. The summed E-state index contributed by atoms with van der Waals surface area (Å²) in [5, 5.41) is 5.89. The summed E-state index contributed by atoms with van der Waals surface area (Å²) < 4.78 is 0. The maximum atomic E-state index is 11.8. The molecule has 1 heterocycles. The third-order valence-electron chi connectivity index (χ3n) is 3.65. The molecule has 1 aliphatic heterocycles. The van der Waals surface area contributed by atoms with Crippen molar-refractivity contribution < 1.29 is 9.59 Å². The molecule has 0 aromatic rings. The Morgan fingerprint density at radius 2 is 1.83 bits per heavy atom. The second-order valence-electron chi connectivity index (χ2n) is 6.02. The normalized spacial score (nSPS) is 18.3. The Morgan fingerprint density at radius 3 is 2.33 bits per heavy atom. The van der Waals surface area contributed by atoms with E-state index in [9.17, 15) is 9.59 Å². The highest BCUT2D eigenvalue weighted by atomic mass is 16.2. The SMILES string of the molecule is CC(CNC(=O)C(=O)N1CCNCC1)C(C)(C)C. The van der Waals surface area contributed by atoms with Gasteiger partial charge in [-0.05, 0) is 11.3 Å². The maximum absolute atomic E-state index is 11.8. The molecule has 0 radical (unpaired) electrons. The van der Waals surface area contributed by atoms with Gasteiger partial charge >= 0.3 is 11.8 Å². The Bertz CT molecular complexity index is 304. The van der Waals surface area contributed by atoms with Gasteiger partial charge < -0.3 is 15.5 Å². The molecule has 5 nitrogen and oxygen atoms in total. The van der Waals surface area contributed by atoms with E-state index in [2.05, 4.69) is 38.3 Å². The molecule has 104 valence electrons. The highest BCUT2D eigenvalue weighted by molar-refractivity contribution is 6.35. The van der Waals surface area contributed by atoms with Crippen molar-refractivity contribution in [3.05, 3.63) is 0 Å². The van der Waals surface area contributed by atoms with E-state index in [1.807, 2.05) is 0 Å². The number of piperazine rings is 1. The zero-order valence-electron chi connectivity index (χ0n) is 11.9. The number of amides is 2. The average Bonchev–Trinajstić information content (AvgIpc) is 2.34. The van der Waals surface area contributed by atoms with Gasteiger partial charge in [0.25, 0.3) is 0 Å². The molecule has 1 atom stereocenters. The van der Waals surface area contributed by atoms with Crippen molar-refractivity contribution in [2.24, 2.45) is 11.3 Å². The van der Waals surface area contributed by atoms with Crippen LogP contribution in [0.15, 0.2) is 0 Å². The molecule has 5 heteroatoms. The largest absolute Gasteiger partial charge is 0.348 e. The molecule has 2 amide bonds. The first-order valence-electron chi connectivity index (χ1n) is 6.60. The fraction of sp³-hybridized carbons (Fsp3) is 0.846. The lowest BCUT2D eigenvalue weighted by Crippen LogP contribution is -2.51. The minimum absolute atomic E-state index is 0.130. The van der Waals surface area contributed by atoms with Crippen molar-refractivity contribution in [1.82, 2.24) is 15.5 Å². The molecule has 1 rings (SSSR count). The molecule has 1 fully saturated rings. The van der Waals surface area contributed by atoms with Gasteiger partial charge in [0.2, 0.25) is 0 Å². The van der Waals surface area contributed by atoms with Crippen LogP contribution >= 0.6 is 0 Å². The summed E-state index contributed by atoms with van der Waals surface area (Å²) >= 11 is 0. The van der Waals surface area contributed by atoms with Crippen LogP contribution < -0.4 is 10.6 Å². The van der Waals surface area contributed by atoms with Crippen LogP contribution in [0.5, 0.6) is 0 Å². The van der Waals surface area contributed by atoms with Gasteiger partial charge in [-0.15, -0.1) is 0 Å². The van der Waals surface area contributed by atoms with Crippen molar-refractivity contribution in [3.8, 4) is 0 Å². The van der Waals surface area contributed by atoms with Crippen LogP contribution in [-0.4, -0.2) is 49.4 Å². The van der Waals surface area contributed by atoms with Crippen molar-refractivity contribution in [2.75, 3.05) is 32.7 Å².